The van der Waals surface area contributed by atoms with Crippen molar-refractivity contribution in [3.63, 3.8) is 0 Å². The fourth-order valence-electron chi connectivity index (χ4n) is 2.68. The molecule has 5 heteroatoms. The van der Waals surface area contributed by atoms with Crippen LogP contribution in [-0.4, -0.2) is 38.9 Å². The predicted molar refractivity (Wildman–Crippen MR) is 83.0 cm³/mol. The molecule has 5 nitrogen and oxygen atoms in total. The molecule has 1 atom stereocenters. The molecule has 0 saturated carbocycles. The van der Waals surface area contributed by atoms with E-state index in [0.29, 0.717) is 30.4 Å². The van der Waals surface area contributed by atoms with Gasteiger partial charge in [0.1, 0.15) is 6.61 Å². The molecule has 0 spiro atoms. The minimum absolute atomic E-state index is 0.0700. The molecule has 1 saturated heterocycles. The normalized spacial score (nSPS) is 19.9. The Labute approximate surface area is 130 Å². The van der Waals surface area contributed by atoms with E-state index in [1.54, 1.807) is 0 Å². The highest BCUT2D eigenvalue weighted by atomic mass is 16.5. The Balaban J connectivity index is 1.67. The number of amides is 1. The van der Waals surface area contributed by atoms with Gasteiger partial charge in [0.15, 0.2) is 11.5 Å². The molecule has 1 aromatic rings. The number of rotatable bonds is 5. The summed E-state index contributed by atoms with van der Waals surface area (Å²) in [6.07, 6.45) is 2.89. The number of para-hydroxylation sites is 1. The third-order valence-corrected chi connectivity index (χ3v) is 3.88. The molecular formula is C17H21NO4. The van der Waals surface area contributed by atoms with Crippen LogP contribution in [0, 0.1) is 5.92 Å². The first-order valence-corrected chi connectivity index (χ1v) is 7.73. The highest BCUT2D eigenvalue weighted by Crippen LogP contribution is 2.35. The van der Waals surface area contributed by atoms with Crippen LogP contribution in [0.5, 0.6) is 11.5 Å². The van der Waals surface area contributed by atoms with Crippen LogP contribution in [0.3, 0.4) is 0 Å². The summed E-state index contributed by atoms with van der Waals surface area (Å²) in [6.45, 7) is 4.96. The molecule has 1 N–H and O–H groups in total. The number of ether oxygens (including phenoxy) is 3. The summed E-state index contributed by atoms with van der Waals surface area (Å²) in [4.78, 5) is 12.2. The molecule has 1 fully saturated rings. The van der Waals surface area contributed by atoms with E-state index in [9.17, 15) is 4.79 Å². The number of fused-ring (bicyclic) bond motifs is 1. The van der Waals surface area contributed by atoms with Crippen LogP contribution < -0.4 is 14.8 Å². The Morgan fingerprint density at radius 2 is 2.36 bits per heavy atom. The maximum absolute atomic E-state index is 12.2. The zero-order chi connectivity index (χ0) is 15.4. The molecule has 22 heavy (non-hydrogen) atoms. The van der Waals surface area contributed by atoms with Crippen molar-refractivity contribution in [3.8, 4) is 11.5 Å². The van der Waals surface area contributed by atoms with Crippen LogP contribution in [0.15, 0.2) is 23.8 Å². The zero-order valence-electron chi connectivity index (χ0n) is 12.8. The highest BCUT2D eigenvalue weighted by molar-refractivity contribution is 5.99. The maximum atomic E-state index is 12.2. The first kappa shape index (κ1) is 14.9. The summed E-state index contributed by atoms with van der Waals surface area (Å²) in [7, 11) is 0. The number of benzene rings is 1. The quantitative estimate of drug-likeness (QED) is 0.904. The summed E-state index contributed by atoms with van der Waals surface area (Å²) in [5, 5.41) is 2.97. The summed E-state index contributed by atoms with van der Waals surface area (Å²) < 4.78 is 16.6. The monoisotopic (exact) mass is 303 g/mol. The molecule has 0 aliphatic carbocycles. The Kier molecular flexibility index (Phi) is 4.63. The van der Waals surface area contributed by atoms with Crippen LogP contribution in [0.2, 0.25) is 0 Å². The highest BCUT2D eigenvalue weighted by Gasteiger charge is 2.22. The SMILES string of the molecule is CCOc1cccc2c1OCC(C(=O)NC[C@@H]1CCOC1)=C2. The Morgan fingerprint density at radius 3 is 3.14 bits per heavy atom. The van der Waals surface area contributed by atoms with Gasteiger partial charge in [0, 0.05) is 24.6 Å². The van der Waals surface area contributed by atoms with E-state index in [1.807, 2.05) is 31.2 Å². The minimum atomic E-state index is -0.0700. The molecule has 1 amide bonds. The van der Waals surface area contributed by atoms with Gasteiger partial charge < -0.3 is 19.5 Å². The van der Waals surface area contributed by atoms with Crippen LogP contribution in [0.1, 0.15) is 18.9 Å². The van der Waals surface area contributed by atoms with E-state index < -0.39 is 0 Å². The molecular weight excluding hydrogens is 282 g/mol. The summed E-state index contributed by atoms with van der Waals surface area (Å²) >= 11 is 0. The fraction of sp³-hybridized carbons (Fsp3) is 0.471. The van der Waals surface area contributed by atoms with Crippen molar-refractivity contribution in [3.05, 3.63) is 29.3 Å². The van der Waals surface area contributed by atoms with Crippen LogP contribution in [0.4, 0.5) is 0 Å². The van der Waals surface area contributed by atoms with Crippen molar-refractivity contribution >= 4 is 12.0 Å². The van der Waals surface area contributed by atoms with E-state index in [1.165, 1.54) is 0 Å². The van der Waals surface area contributed by atoms with Gasteiger partial charge in [-0.25, -0.2) is 0 Å². The third kappa shape index (κ3) is 3.25. The zero-order valence-corrected chi connectivity index (χ0v) is 12.8. The number of nitrogens with one attached hydrogen (secondary N) is 1. The fourth-order valence-corrected chi connectivity index (χ4v) is 2.68. The maximum Gasteiger partial charge on any atom is 0.250 e. The second kappa shape index (κ2) is 6.83. The average molecular weight is 303 g/mol. The number of carbonyl (C=O) groups excluding carboxylic acids is 1. The minimum Gasteiger partial charge on any atom is -0.490 e. The van der Waals surface area contributed by atoms with Gasteiger partial charge in [0.2, 0.25) is 0 Å². The summed E-state index contributed by atoms with van der Waals surface area (Å²) in [5.41, 5.74) is 1.52. The lowest BCUT2D eigenvalue weighted by Gasteiger charge is -2.20. The van der Waals surface area contributed by atoms with Gasteiger partial charge in [-0.1, -0.05) is 12.1 Å². The standard InChI is InChI=1S/C17H21NO4/c1-2-21-15-5-3-4-13-8-14(11-22-16(13)15)17(19)18-9-12-6-7-20-10-12/h3-5,8,12H,2,6-7,9-11H2,1H3,(H,18,19)/t12-/m0/s1. The van der Waals surface area contributed by atoms with Crippen LogP contribution >= 0.6 is 0 Å². The number of hydrogen-bond acceptors (Lipinski definition) is 4. The largest absolute Gasteiger partial charge is 0.490 e. The molecule has 2 aliphatic heterocycles. The lowest BCUT2D eigenvalue weighted by Crippen LogP contribution is -2.32. The molecule has 0 unspecified atom stereocenters. The van der Waals surface area contributed by atoms with Gasteiger partial charge in [0.05, 0.1) is 18.8 Å². The van der Waals surface area contributed by atoms with Gasteiger partial charge in [-0.2, -0.15) is 0 Å². The second-order valence-electron chi connectivity index (χ2n) is 5.51. The van der Waals surface area contributed by atoms with Gasteiger partial charge in [0.25, 0.3) is 5.91 Å². The second-order valence-corrected chi connectivity index (χ2v) is 5.51. The first-order valence-electron chi connectivity index (χ1n) is 7.73. The topological polar surface area (TPSA) is 56.8 Å². The average Bonchev–Trinajstić information content (AvgIpc) is 3.06. The van der Waals surface area contributed by atoms with E-state index in [4.69, 9.17) is 14.2 Å². The molecule has 3 rings (SSSR count). The van der Waals surface area contributed by atoms with E-state index in [2.05, 4.69) is 5.32 Å². The summed E-state index contributed by atoms with van der Waals surface area (Å²) in [6, 6.07) is 5.71. The van der Waals surface area contributed by atoms with E-state index >= 15 is 0 Å². The van der Waals surface area contributed by atoms with Crippen molar-refractivity contribution in [2.75, 3.05) is 33.0 Å². The molecule has 2 aliphatic rings. The van der Waals surface area contributed by atoms with Gasteiger partial charge >= 0.3 is 0 Å². The molecule has 2 heterocycles. The Bertz CT molecular complexity index is 576. The van der Waals surface area contributed by atoms with Crippen molar-refractivity contribution < 1.29 is 19.0 Å². The molecule has 1 aromatic carbocycles. The lowest BCUT2D eigenvalue weighted by atomic mass is 10.1. The van der Waals surface area contributed by atoms with Gasteiger partial charge in [-0.15, -0.1) is 0 Å². The van der Waals surface area contributed by atoms with Crippen molar-refractivity contribution in [2.24, 2.45) is 5.92 Å². The number of carbonyl (C=O) groups is 1. The van der Waals surface area contributed by atoms with Gasteiger partial charge in [-0.3, -0.25) is 4.79 Å². The van der Waals surface area contributed by atoms with Crippen LogP contribution in [0.25, 0.3) is 6.08 Å². The van der Waals surface area contributed by atoms with E-state index in [-0.39, 0.29) is 12.5 Å². The van der Waals surface area contributed by atoms with E-state index in [0.717, 1.165) is 30.9 Å². The third-order valence-electron chi connectivity index (χ3n) is 3.88. The molecule has 0 bridgehead atoms. The molecule has 0 aromatic heterocycles. The van der Waals surface area contributed by atoms with Crippen molar-refractivity contribution in [2.45, 2.75) is 13.3 Å². The predicted octanol–water partition coefficient (Wildman–Crippen LogP) is 2.01. The lowest BCUT2D eigenvalue weighted by molar-refractivity contribution is -0.117. The Hall–Kier alpha value is -2.01. The molecule has 0 radical (unpaired) electrons. The smallest absolute Gasteiger partial charge is 0.250 e. The molecule has 118 valence electrons. The van der Waals surface area contributed by atoms with Crippen LogP contribution in [-0.2, 0) is 9.53 Å². The van der Waals surface area contributed by atoms with Crippen molar-refractivity contribution in [1.29, 1.82) is 0 Å². The number of hydrogen-bond donors (Lipinski definition) is 1. The summed E-state index contributed by atoms with van der Waals surface area (Å²) in [5.74, 6) is 1.79. The first-order chi connectivity index (χ1) is 10.8. The van der Waals surface area contributed by atoms with Crippen molar-refractivity contribution in [1.82, 2.24) is 5.32 Å². The van der Waals surface area contributed by atoms with Gasteiger partial charge in [-0.05, 0) is 25.5 Å². The Morgan fingerprint density at radius 1 is 1.45 bits per heavy atom.